The lowest BCUT2D eigenvalue weighted by molar-refractivity contribution is 0.261. The number of benzene rings is 4. The minimum atomic E-state index is -0.174. The van der Waals surface area contributed by atoms with Crippen LogP contribution in [0.25, 0.3) is 22.1 Å². The molecule has 2 heterocycles. The van der Waals surface area contributed by atoms with Gasteiger partial charge in [0.2, 0.25) is 0 Å². The molecule has 37 heavy (non-hydrogen) atoms. The molecule has 1 aliphatic heterocycles. The van der Waals surface area contributed by atoms with E-state index in [0.29, 0.717) is 34.6 Å². The highest BCUT2D eigenvalue weighted by Crippen LogP contribution is 2.34. The molecule has 0 radical (unpaired) electrons. The predicted molar refractivity (Wildman–Crippen MR) is 139 cm³/mol. The molecule has 4 aromatic carbocycles. The highest BCUT2D eigenvalue weighted by atomic mass is 16.5. The van der Waals surface area contributed by atoms with E-state index in [2.05, 4.69) is 0 Å². The summed E-state index contributed by atoms with van der Waals surface area (Å²) in [6.45, 7) is 0.598. The lowest BCUT2D eigenvalue weighted by Crippen LogP contribution is -2.18. The van der Waals surface area contributed by atoms with E-state index in [1.807, 2.05) is 18.2 Å². The summed E-state index contributed by atoms with van der Waals surface area (Å²) in [5, 5.41) is 37.7. The van der Waals surface area contributed by atoms with Crippen LogP contribution in [0.4, 0.5) is 0 Å². The fraction of sp³-hybridized carbons (Fsp3) is 0.100. The molecule has 1 aromatic heterocycles. The topological polar surface area (TPSA) is 120 Å². The van der Waals surface area contributed by atoms with Gasteiger partial charge in [0.15, 0.2) is 5.43 Å². The molecule has 4 N–H and O–H groups in total. The minimum absolute atomic E-state index is 0.0491. The van der Waals surface area contributed by atoms with Crippen LogP contribution in [0, 0.1) is 0 Å². The molecule has 186 valence electrons. The molecule has 0 saturated carbocycles. The Hall–Kier alpha value is -4.91. The number of phenols is 4. The predicted octanol–water partition coefficient (Wildman–Crippen LogP) is 5.69. The summed E-state index contributed by atoms with van der Waals surface area (Å²) in [5.41, 5.74) is 3.52. The van der Waals surface area contributed by atoms with Gasteiger partial charge in [-0.25, -0.2) is 0 Å². The van der Waals surface area contributed by atoms with Gasteiger partial charge in [0.25, 0.3) is 0 Å². The van der Waals surface area contributed by atoms with E-state index in [4.69, 9.17) is 9.15 Å². The number of ether oxygens (including phenoxy) is 1. The maximum absolute atomic E-state index is 12.3. The molecule has 0 unspecified atom stereocenters. The molecule has 0 saturated heterocycles. The third kappa shape index (κ3) is 5.21. The summed E-state index contributed by atoms with van der Waals surface area (Å²) in [5.74, 6) is 1.76. The van der Waals surface area contributed by atoms with Crippen molar-refractivity contribution >= 4 is 11.0 Å². The summed E-state index contributed by atoms with van der Waals surface area (Å²) in [7, 11) is 0. The number of rotatable bonds is 2. The van der Waals surface area contributed by atoms with Crippen LogP contribution < -0.4 is 10.2 Å². The van der Waals surface area contributed by atoms with Crippen molar-refractivity contribution in [2.45, 2.75) is 12.3 Å². The van der Waals surface area contributed by atoms with Crippen LogP contribution in [-0.4, -0.2) is 27.0 Å². The SMILES string of the molecule is O=c1c(-c2ccc(O)cc2)coc2cc(O)ccc12.Oc1ccc([C@H]2COc3cc(O)ccc3C2)cc1. The highest BCUT2D eigenvalue weighted by molar-refractivity contribution is 5.82. The first-order chi connectivity index (χ1) is 17.9. The third-order valence-electron chi connectivity index (χ3n) is 6.26. The van der Waals surface area contributed by atoms with Crippen molar-refractivity contribution in [2.75, 3.05) is 6.61 Å². The normalized spacial score (nSPS) is 14.2. The standard InChI is InChI=1S/C15H10O4.C15H14O3/c16-10-3-1-9(2-4-10)13-8-19-14-7-11(17)5-6-12(14)15(13)18;16-13-4-1-10(2-5-13)12-7-11-3-6-14(17)8-15(11)18-9-12/h1-8,16-17H;1-6,8,12,16-17H,7,9H2/t;12-/m.1/s1. The molecule has 0 bridgehead atoms. The Labute approximate surface area is 212 Å². The summed E-state index contributed by atoms with van der Waals surface area (Å²) >= 11 is 0. The van der Waals surface area contributed by atoms with Gasteiger partial charge in [-0.3, -0.25) is 4.79 Å². The Morgan fingerprint density at radius 1 is 0.703 bits per heavy atom. The van der Waals surface area contributed by atoms with Crippen molar-refractivity contribution in [1.82, 2.24) is 0 Å². The minimum Gasteiger partial charge on any atom is -0.508 e. The monoisotopic (exact) mass is 496 g/mol. The fourth-order valence-corrected chi connectivity index (χ4v) is 4.28. The molecule has 6 rings (SSSR count). The number of phenolic OH excluding ortho intramolecular Hbond substituents is 4. The third-order valence-corrected chi connectivity index (χ3v) is 6.26. The summed E-state index contributed by atoms with van der Waals surface area (Å²) in [4.78, 5) is 12.3. The zero-order valence-electron chi connectivity index (χ0n) is 19.7. The number of aromatic hydroxyl groups is 4. The van der Waals surface area contributed by atoms with Crippen LogP contribution in [0.2, 0.25) is 0 Å². The highest BCUT2D eigenvalue weighted by Gasteiger charge is 2.21. The van der Waals surface area contributed by atoms with Crippen molar-refractivity contribution < 1.29 is 29.6 Å². The summed E-state index contributed by atoms with van der Waals surface area (Å²) < 4.78 is 11.0. The molecular weight excluding hydrogens is 472 g/mol. The maximum Gasteiger partial charge on any atom is 0.200 e. The number of fused-ring (bicyclic) bond motifs is 2. The van der Waals surface area contributed by atoms with Crippen LogP contribution in [0.5, 0.6) is 28.7 Å². The quantitative estimate of drug-likeness (QED) is 0.248. The molecule has 7 nitrogen and oxygen atoms in total. The second-order valence-electron chi connectivity index (χ2n) is 8.80. The van der Waals surface area contributed by atoms with Crippen LogP contribution in [0.1, 0.15) is 17.0 Å². The first-order valence-corrected chi connectivity index (χ1v) is 11.6. The van der Waals surface area contributed by atoms with Gasteiger partial charge >= 0.3 is 0 Å². The smallest absolute Gasteiger partial charge is 0.200 e. The van der Waals surface area contributed by atoms with E-state index in [0.717, 1.165) is 23.3 Å². The molecule has 7 heteroatoms. The largest absolute Gasteiger partial charge is 0.508 e. The average Bonchev–Trinajstić information content (AvgIpc) is 2.90. The van der Waals surface area contributed by atoms with E-state index >= 15 is 0 Å². The molecule has 0 fully saturated rings. The maximum atomic E-state index is 12.3. The van der Waals surface area contributed by atoms with Gasteiger partial charge in [0, 0.05) is 18.1 Å². The molecule has 1 aliphatic rings. The van der Waals surface area contributed by atoms with Gasteiger partial charge in [-0.1, -0.05) is 30.3 Å². The van der Waals surface area contributed by atoms with Crippen molar-refractivity contribution in [3.63, 3.8) is 0 Å². The van der Waals surface area contributed by atoms with Gasteiger partial charge in [0.1, 0.15) is 40.6 Å². The summed E-state index contributed by atoms with van der Waals surface area (Å²) in [6, 6.07) is 23.2. The Balaban J connectivity index is 0.000000152. The Kier molecular flexibility index (Phi) is 6.43. The van der Waals surface area contributed by atoms with E-state index in [1.54, 1.807) is 36.4 Å². The van der Waals surface area contributed by atoms with Crippen LogP contribution >= 0.6 is 0 Å². The average molecular weight is 497 g/mol. The van der Waals surface area contributed by atoms with Gasteiger partial charge < -0.3 is 29.6 Å². The van der Waals surface area contributed by atoms with Crippen molar-refractivity contribution in [2.24, 2.45) is 0 Å². The zero-order chi connectivity index (χ0) is 25.9. The second kappa shape index (κ2) is 9.99. The van der Waals surface area contributed by atoms with E-state index in [9.17, 15) is 25.2 Å². The lowest BCUT2D eigenvalue weighted by atomic mass is 9.90. The van der Waals surface area contributed by atoms with Crippen LogP contribution in [0.3, 0.4) is 0 Å². The van der Waals surface area contributed by atoms with Crippen molar-refractivity contribution in [3.8, 4) is 39.9 Å². The Morgan fingerprint density at radius 3 is 2.05 bits per heavy atom. The molecule has 0 aliphatic carbocycles. The van der Waals surface area contributed by atoms with Gasteiger partial charge in [-0.15, -0.1) is 0 Å². The molecule has 0 spiro atoms. The van der Waals surface area contributed by atoms with Crippen molar-refractivity contribution in [3.05, 3.63) is 113 Å². The van der Waals surface area contributed by atoms with Crippen LogP contribution in [-0.2, 0) is 6.42 Å². The molecule has 5 aromatic rings. The zero-order valence-corrected chi connectivity index (χ0v) is 19.7. The molecular formula is C30H24O7. The van der Waals surface area contributed by atoms with Crippen molar-refractivity contribution in [1.29, 1.82) is 0 Å². The van der Waals surface area contributed by atoms with Gasteiger partial charge in [-0.2, -0.15) is 0 Å². The first-order valence-electron chi connectivity index (χ1n) is 11.6. The summed E-state index contributed by atoms with van der Waals surface area (Å²) in [6.07, 6.45) is 2.25. The Bertz CT molecular complexity index is 1600. The van der Waals surface area contributed by atoms with Crippen LogP contribution in [0.15, 0.2) is 100 Å². The van der Waals surface area contributed by atoms with E-state index in [-0.39, 0.29) is 28.4 Å². The first kappa shape index (κ1) is 23.8. The van der Waals surface area contributed by atoms with Gasteiger partial charge in [0.05, 0.1) is 17.6 Å². The lowest BCUT2D eigenvalue weighted by Gasteiger charge is -2.25. The fourth-order valence-electron chi connectivity index (χ4n) is 4.28. The van der Waals surface area contributed by atoms with E-state index < -0.39 is 0 Å². The molecule has 1 atom stereocenters. The number of hydrogen-bond acceptors (Lipinski definition) is 7. The Morgan fingerprint density at radius 2 is 1.32 bits per heavy atom. The number of hydrogen-bond donors (Lipinski definition) is 4. The second-order valence-corrected chi connectivity index (χ2v) is 8.80. The van der Waals surface area contributed by atoms with Gasteiger partial charge in [-0.05, 0) is 65.6 Å². The molecule has 0 amide bonds. The van der Waals surface area contributed by atoms with E-state index in [1.165, 1.54) is 36.6 Å².